The van der Waals surface area contributed by atoms with Gasteiger partial charge in [0, 0.05) is 37.9 Å². The van der Waals surface area contributed by atoms with Gasteiger partial charge < -0.3 is 4.74 Å². The van der Waals surface area contributed by atoms with Gasteiger partial charge in [-0.3, -0.25) is 9.88 Å². The van der Waals surface area contributed by atoms with Gasteiger partial charge in [0.25, 0.3) is 0 Å². The molecule has 114 valence electrons. The summed E-state index contributed by atoms with van der Waals surface area (Å²) in [5.41, 5.74) is 3.99. The minimum Gasteiger partial charge on any atom is -0.368 e. The Kier molecular flexibility index (Phi) is 3.68. The van der Waals surface area contributed by atoms with Crippen LogP contribution in [0.3, 0.4) is 0 Å². The van der Waals surface area contributed by atoms with Crippen molar-refractivity contribution in [3.05, 3.63) is 65.5 Å². The molecule has 0 unspecified atom stereocenters. The standard InChI is InChI=1S/C19H22N2O/c1-2-7-18-16(5-1)8-10-19(18)15-21(13-14-22-19)12-9-17-6-3-4-11-20-17/h1-7,11H,8-10,12-15H2/t19-/m0/s1. The minimum atomic E-state index is -0.0705. The molecule has 1 aromatic carbocycles. The van der Waals surface area contributed by atoms with Crippen molar-refractivity contribution < 1.29 is 4.74 Å². The molecule has 1 aliphatic heterocycles. The first kappa shape index (κ1) is 13.9. The van der Waals surface area contributed by atoms with Crippen molar-refractivity contribution in [3.8, 4) is 0 Å². The number of fused-ring (bicyclic) bond motifs is 2. The smallest absolute Gasteiger partial charge is 0.106 e. The van der Waals surface area contributed by atoms with Crippen LogP contribution in [0.15, 0.2) is 48.7 Å². The molecule has 0 bridgehead atoms. The largest absolute Gasteiger partial charge is 0.368 e. The van der Waals surface area contributed by atoms with E-state index in [-0.39, 0.29) is 5.60 Å². The van der Waals surface area contributed by atoms with Gasteiger partial charge in [-0.15, -0.1) is 0 Å². The molecule has 1 atom stereocenters. The average molecular weight is 294 g/mol. The highest BCUT2D eigenvalue weighted by atomic mass is 16.5. The summed E-state index contributed by atoms with van der Waals surface area (Å²) in [4.78, 5) is 6.97. The van der Waals surface area contributed by atoms with Crippen LogP contribution < -0.4 is 0 Å². The lowest BCUT2D eigenvalue weighted by Crippen LogP contribution is -2.49. The molecule has 1 saturated heterocycles. The number of aromatic nitrogens is 1. The lowest BCUT2D eigenvalue weighted by molar-refractivity contribution is -0.113. The first-order valence-corrected chi connectivity index (χ1v) is 8.20. The monoisotopic (exact) mass is 294 g/mol. The van der Waals surface area contributed by atoms with Crippen molar-refractivity contribution in [2.24, 2.45) is 0 Å². The molecule has 2 aliphatic rings. The van der Waals surface area contributed by atoms with Gasteiger partial charge in [0.05, 0.1) is 6.61 Å². The Bertz CT molecular complexity index is 639. The van der Waals surface area contributed by atoms with Crippen LogP contribution in [-0.4, -0.2) is 36.1 Å². The number of ether oxygens (including phenoxy) is 1. The molecule has 1 fully saturated rings. The second-order valence-electron chi connectivity index (χ2n) is 6.35. The van der Waals surface area contributed by atoms with Crippen molar-refractivity contribution in [1.29, 1.82) is 0 Å². The van der Waals surface area contributed by atoms with Gasteiger partial charge in [-0.1, -0.05) is 30.3 Å². The molecular formula is C19H22N2O. The Morgan fingerprint density at radius 1 is 1.14 bits per heavy atom. The molecule has 0 radical (unpaired) electrons. The van der Waals surface area contributed by atoms with E-state index < -0.39 is 0 Å². The topological polar surface area (TPSA) is 25.4 Å². The molecule has 4 rings (SSSR count). The zero-order chi connectivity index (χ0) is 14.8. The van der Waals surface area contributed by atoms with Crippen molar-refractivity contribution >= 4 is 0 Å². The Balaban J connectivity index is 1.47. The number of pyridine rings is 1. The third-order valence-corrected chi connectivity index (χ3v) is 4.98. The predicted octanol–water partition coefficient (Wildman–Crippen LogP) is 2.80. The molecule has 22 heavy (non-hydrogen) atoms. The molecule has 3 heteroatoms. The van der Waals surface area contributed by atoms with Gasteiger partial charge in [0.1, 0.15) is 5.60 Å². The van der Waals surface area contributed by atoms with E-state index in [1.807, 2.05) is 12.3 Å². The fourth-order valence-electron chi connectivity index (χ4n) is 3.83. The van der Waals surface area contributed by atoms with E-state index in [0.717, 1.165) is 45.5 Å². The Morgan fingerprint density at radius 3 is 2.95 bits per heavy atom. The molecule has 0 amide bonds. The van der Waals surface area contributed by atoms with Crippen LogP contribution in [0.5, 0.6) is 0 Å². The highest BCUT2D eigenvalue weighted by molar-refractivity contribution is 5.38. The summed E-state index contributed by atoms with van der Waals surface area (Å²) in [5, 5.41) is 0. The summed E-state index contributed by atoms with van der Waals surface area (Å²) in [7, 11) is 0. The lowest BCUT2D eigenvalue weighted by atomic mass is 9.93. The molecule has 0 N–H and O–H groups in total. The van der Waals surface area contributed by atoms with Crippen LogP contribution in [-0.2, 0) is 23.2 Å². The van der Waals surface area contributed by atoms with Gasteiger partial charge >= 0.3 is 0 Å². The maximum Gasteiger partial charge on any atom is 0.106 e. The third-order valence-electron chi connectivity index (χ3n) is 4.98. The summed E-state index contributed by atoms with van der Waals surface area (Å²) in [6.45, 7) is 3.93. The van der Waals surface area contributed by atoms with Crippen LogP contribution in [0.1, 0.15) is 23.2 Å². The molecule has 3 nitrogen and oxygen atoms in total. The molecule has 1 spiro atoms. The normalized spacial score (nSPS) is 24.5. The summed E-state index contributed by atoms with van der Waals surface area (Å²) in [5.74, 6) is 0. The molecule has 2 heterocycles. The van der Waals surface area contributed by atoms with E-state index in [2.05, 4.69) is 46.3 Å². The van der Waals surface area contributed by atoms with E-state index in [1.54, 1.807) is 0 Å². The van der Waals surface area contributed by atoms with Crippen LogP contribution in [0, 0.1) is 0 Å². The fraction of sp³-hybridized carbons (Fsp3) is 0.421. The predicted molar refractivity (Wildman–Crippen MR) is 86.8 cm³/mol. The van der Waals surface area contributed by atoms with Crippen molar-refractivity contribution in [2.75, 3.05) is 26.2 Å². The van der Waals surface area contributed by atoms with Crippen molar-refractivity contribution in [1.82, 2.24) is 9.88 Å². The molecule has 1 aliphatic carbocycles. The summed E-state index contributed by atoms with van der Waals surface area (Å²) in [6.07, 6.45) is 5.15. The second-order valence-corrected chi connectivity index (χ2v) is 6.35. The minimum absolute atomic E-state index is 0.0705. The zero-order valence-electron chi connectivity index (χ0n) is 12.9. The zero-order valence-corrected chi connectivity index (χ0v) is 12.9. The Labute approximate surface area is 131 Å². The second kappa shape index (κ2) is 5.82. The van der Waals surface area contributed by atoms with Crippen molar-refractivity contribution in [2.45, 2.75) is 24.9 Å². The fourth-order valence-corrected chi connectivity index (χ4v) is 3.83. The first-order chi connectivity index (χ1) is 10.9. The molecule has 2 aromatic rings. The molecule has 0 saturated carbocycles. The summed E-state index contributed by atoms with van der Waals surface area (Å²) >= 11 is 0. The molecular weight excluding hydrogens is 272 g/mol. The van der Waals surface area contributed by atoms with Gasteiger partial charge in [-0.25, -0.2) is 0 Å². The van der Waals surface area contributed by atoms with Gasteiger partial charge in [0.2, 0.25) is 0 Å². The number of aryl methyl sites for hydroxylation is 1. The van der Waals surface area contributed by atoms with Crippen LogP contribution >= 0.6 is 0 Å². The number of nitrogens with zero attached hydrogens (tertiary/aromatic N) is 2. The van der Waals surface area contributed by atoms with E-state index >= 15 is 0 Å². The maximum absolute atomic E-state index is 6.28. The van der Waals surface area contributed by atoms with E-state index in [4.69, 9.17) is 4.74 Å². The molecule has 1 aromatic heterocycles. The quantitative estimate of drug-likeness (QED) is 0.870. The number of hydrogen-bond acceptors (Lipinski definition) is 3. The van der Waals surface area contributed by atoms with Crippen LogP contribution in [0.4, 0.5) is 0 Å². The number of rotatable bonds is 3. The van der Waals surface area contributed by atoms with Crippen LogP contribution in [0.2, 0.25) is 0 Å². The van der Waals surface area contributed by atoms with E-state index in [9.17, 15) is 0 Å². The van der Waals surface area contributed by atoms with Gasteiger partial charge in [-0.2, -0.15) is 0 Å². The SMILES string of the molecule is c1ccc(CCN2CCO[C@@]3(CCc4ccccc43)C2)nc1. The van der Waals surface area contributed by atoms with Crippen molar-refractivity contribution in [3.63, 3.8) is 0 Å². The summed E-state index contributed by atoms with van der Waals surface area (Å²) < 4.78 is 6.28. The number of benzene rings is 1. The Morgan fingerprint density at radius 2 is 2.05 bits per heavy atom. The number of hydrogen-bond donors (Lipinski definition) is 0. The van der Waals surface area contributed by atoms with E-state index in [0.29, 0.717) is 0 Å². The summed E-state index contributed by atoms with van der Waals surface area (Å²) in [6, 6.07) is 14.9. The maximum atomic E-state index is 6.28. The average Bonchev–Trinajstić information content (AvgIpc) is 2.93. The number of morpholine rings is 1. The van der Waals surface area contributed by atoms with Gasteiger partial charge in [-0.05, 0) is 36.1 Å². The van der Waals surface area contributed by atoms with E-state index in [1.165, 1.54) is 16.8 Å². The van der Waals surface area contributed by atoms with Gasteiger partial charge in [0.15, 0.2) is 0 Å². The Hall–Kier alpha value is -1.71. The highest BCUT2D eigenvalue weighted by Crippen LogP contribution is 2.42. The lowest BCUT2D eigenvalue weighted by Gasteiger charge is -2.41. The first-order valence-electron chi connectivity index (χ1n) is 8.20. The van der Waals surface area contributed by atoms with Crippen LogP contribution in [0.25, 0.3) is 0 Å². The highest BCUT2D eigenvalue weighted by Gasteiger charge is 2.42. The third kappa shape index (κ3) is 2.55.